The third-order valence-corrected chi connectivity index (χ3v) is 4.22. The van der Waals surface area contributed by atoms with Crippen LogP contribution in [0.5, 0.6) is 11.5 Å². The van der Waals surface area contributed by atoms with Gasteiger partial charge in [-0.25, -0.2) is 0 Å². The molecule has 1 aromatic rings. The van der Waals surface area contributed by atoms with Gasteiger partial charge >= 0.3 is 0 Å². The number of benzene rings is 1. The summed E-state index contributed by atoms with van der Waals surface area (Å²) in [7, 11) is 3.11. The molecule has 24 heavy (non-hydrogen) atoms. The maximum Gasteiger partial charge on any atom is 0.254 e. The standard InChI is InChI=1S/C18H26N2O4/c1-13(2)17(21)19-8-5-9-20(11-10-19)18(22)14-6-7-15(23-3)16(12-14)24-4/h6-7,12-13H,5,8-11H2,1-4H3. The lowest BCUT2D eigenvalue weighted by Gasteiger charge is -2.23. The second-order valence-corrected chi connectivity index (χ2v) is 6.20. The molecule has 0 N–H and O–H groups in total. The highest BCUT2D eigenvalue weighted by molar-refractivity contribution is 5.95. The number of hydrogen-bond donors (Lipinski definition) is 0. The molecule has 0 spiro atoms. The highest BCUT2D eigenvalue weighted by Gasteiger charge is 2.24. The Morgan fingerprint density at radius 3 is 2.21 bits per heavy atom. The van der Waals surface area contributed by atoms with Crippen molar-refractivity contribution in [3.63, 3.8) is 0 Å². The van der Waals surface area contributed by atoms with Crippen LogP contribution in [-0.4, -0.2) is 62.0 Å². The van der Waals surface area contributed by atoms with Gasteiger partial charge in [-0.05, 0) is 24.6 Å². The summed E-state index contributed by atoms with van der Waals surface area (Å²) in [5.74, 6) is 1.22. The number of carbonyl (C=O) groups excluding carboxylic acids is 2. The molecule has 1 saturated heterocycles. The number of hydrogen-bond acceptors (Lipinski definition) is 4. The lowest BCUT2D eigenvalue weighted by Crippen LogP contribution is -2.38. The molecule has 1 aliphatic rings. The molecule has 2 amide bonds. The fourth-order valence-electron chi connectivity index (χ4n) is 2.86. The van der Waals surface area contributed by atoms with Gasteiger partial charge in [0.15, 0.2) is 11.5 Å². The molecule has 1 fully saturated rings. The van der Waals surface area contributed by atoms with Crippen LogP contribution in [0.15, 0.2) is 18.2 Å². The molecular formula is C18H26N2O4. The highest BCUT2D eigenvalue weighted by atomic mass is 16.5. The Labute approximate surface area is 143 Å². The Morgan fingerprint density at radius 2 is 1.58 bits per heavy atom. The monoisotopic (exact) mass is 334 g/mol. The molecule has 0 atom stereocenters. The lowest BCUT2D eigenvalue weighted by molar-refractivity contribution is -0.134. The van der Waals surface area contributed by atoms with E-state index in [4.69, 9.17) is 9.47 Å². The van der Waals surface area contributed by atoms with Crippen LogP contribution in [0.4, 0.5) is 0 Å². The summed E-state index contributed by atoms with van der Waals surface area (Å²) >= 11 is 0. The smallest absolute Gasteiger partial charge is 0.254 e. The van der Waals surface area contributed by atoms with Crippen LogP contribution >= 0.6 is 0 Å². The van der Waals surface area contributed by atoms with E-state index in [2.05, 4.69) is 0 Å². The van der Waals surface area contributed by atoms with Crippen molar-refractivity contribution >= 4 is 11.8 Å². The first-order valence-electron chi connectivity index (χ1n) is 8.28. The van der Waals surface area contributed by atoms with E-state index in [1.807, 2.05) is 18.7 Å². The molecule has 0 saturated carbocycles. The molecule has 1 aliphatic heterocycles. The predicted octanol–water partition coefficient (Wildman–Crippen LogP) is 2.03. The zero-order valence-electron chi connectivity index (χ0n) is 14.9. The van der Waals surface area contributed by atoms with E-state index in [1.165, 1.54) is 0 Å². The van der Waals surface area contributed by atoms with E-state index in [0.29, 0.717) is 43.2 Å². The summed E-state index contributed by atoms with van der Waals surface area (Å²) < 4.78 is 10.5. The van der Waals surface area contributed by atoms with Crippen LogP contribution in [0.25, 0.3) is 0 Å². The minimum absolute atomic E-state index is 0.0156. The van der Waals surface area contributed by atoms with Crippen molar-refractivity contribution in [3.05, 3.63) is 23.8 Å². The minimum Gasteiger partial charge on any atom is -0.493 e. The molecule has 132 valence electrons. The number of nitrogens with zero attached hydrogens (tertiary/aromatic N) is 2. The van der Waals surface area contributed by atoms with Crippen molar-refractivity contribution in [2.24, 2.45) is 5.92 Å². The van der Waals surface area contributed by atoms with Crippen LogP contribution < -0.4 is 9.47 Å². The molecule has 6 heteroatoms. The summed E-state index contributed by atoms with van der Waals surface area (Å²) in [6.07, 6.45) is 0.789. The maximum absolute atomic E-state index is 12.8. The van der Waals surface area contributed by atoms with Crippen LogP contribution in [0.1, 0.15) is 30.6 Å². The number of ether oxygens (including phenoxy) is 2. The quantitative estimate of drug-likeness (QED) is 0.845. The van der Waals surface area contributed by atoms with Crippen molar-refractivity contribution in [2.75, 3.05) is 40.4 Å². The Morgan fingerprint density at radius 1 is 0.958 bits per heavy atom. The van der Waals surface area contributed by atoms with Crippen LogP contribution in [0, 0.1) is 5.92 Å². The molecule has 0 unspecified atom stereocenters. The number of carbonyl (C=O) groups is 2. The molecule has 0 aromatic heterocycles. The second-order valence-electron chi connectivity index (χ2n) is 6.20. The van der Waals surface area contributed by atoms with E-state index in [9.17, 15) is 9.59 Å². The Kier molecular flexibility index (Phi) is 6.06. The molecule has 0 bridgehead atoms. The average Bonchev–Trinajstić information content (AvgIpc) is 2.85. The van der Waals surface area contributed by atoms with Crippen molar-refractivity contribution in [2.45, 2.75) is 20.3 Å². The van der Waals surface area contributed by atoms with Crippen LogP contribution in [-0.2, 0) is 4.79 Å². The van der Waals surface area contributed by atoms with Gasteiger partial charge in [-0.2, -0.15) is 0 Å². The maximum atomic E-state index is 12.8. The Balaban J connectivity index is 2.09. The first-order chi connectivity index (χ1) is 11.5. The van der Waals surface area contributed by atoms with Gasteiger partial charge in [0.1, 0.15) is 0 Å². The molecule has 0 radical (unpaired) electrons. The van der Waals surface area contributed by atoms with Crippen LogP contribution in [0.3, 0.4) is 0 Å². The largest absolute Gasteiger partial charge is 0.493 e. The summed E-state index contributed by atoms with van der Waals surface area (Å²) in [6, 6.07) is 5.17. The highest BCUT2D eigenvalue weighted by Crippen LogP contribution is 2.28. The van der Waals surface area contributed by atoms with Crippen molar-refractivity contribution < 1.29 is 19.1 Å². The lowest BCUT2D eigenvalue weighted by atomic mass is 10.1. The number of amides is 2. The Bertz CT molecular complexity index is 601. The average molecular weight is 334 g/mol. The Hall–Kier alpha value is -2.24. The fourth-order valence-corrected chi connectivity index (χ4v) is 2.86. The van der Waals surface area contributed by atoms with Crippen molar-refractivity contribution in [3.8, 4) is 11.5 Å². The van der Waals surface area contributed by atoms with Gasteiger partial charge in [0.25, 0.3) is 5.91 Å². The fraction of sp³-hybridized carbons (Fsp3) is 0.556. The zero-order chi connectivity index (χ0) is 17.7. The number of methoxy groups -OCH3 is 2. The molecule has 2 rings (SSSR count). The molecule has 6 nitrogen and oxygen atoms in total. The zero-order valence-corrected chi connectivity index (χ0v) is 14.9. The van der Waals surface area contributed by atoms with E-state index >= 15 is 0 Å². The normalized spacial score (nSPS) is 15.2. The van der Waals surface area contributed by atoms with Gasteiger partial charge in [0, 0.05) is 37.7 Å². The van der Waals surface area contributed by atoms with Crippen molar-refractivity contribution in [1.82, 2.24) is 9.80 Å². The van der Waals surface area contributed by atoms with E-state index < -0.39 is 0 Å². The topological polar surface area (TPSA) is 59.1 Å². The van der Waals surface area contributed by atoms with E-state index in [-0.39, 0.29) is 17.7 Å². The molecule has 1 aromatic carbocycles. The third kappa shape index (κ3) is 3.99. The van der Waals surface area contributed by atoms with E-state index in [1.54, 1.807) is 37.3 Å². The van der Waals surface area contributed by atoms with Gasteiger partial charge in [-0.15, -0.1) is 0 Å². The van der Waals surface area contributed by atoms with Gasteiger partial charge in [-0.1, -0.05) is 13.8 Å². The molecule has 1 heterocycles. The summed E-state index contributed by atoms with van der Waals surface area (Å²) in [4.78, 5) is 28.6. The summed E-state index contributed by atoms with van der Waals surface area (Å²) in [6.45, 7) is 6.28. The van der Waals surface area contributed by atoms with Gasteiger partial charge in [0.05, 0.1) is 14.2 Å². The second kappa shape index (κ2) is 8.04. The van der Waals surface area contributed by atoms with Crippen LogP contribution in [0.2, 0.25) is 0 Å². The third-order valence-electron chi connectivity index (χ3n) is 4.22. The number of rotatable bonds is 4. The summed E-state index contributed by atoms with van der Waals surface area (Å²) in [5, 5.41) is 0. The predicted molar refractivity (Wildman–Crippen MR) is 91.5 cm³/mol. The SMILES string of the molecule is COc1ccc(C(=O)N2CCCN(C(=O)C(C)C)CC2)cc1OC. The summed E-state index contributed by atoms with van der Waals surface area (Å²) in [5.41, 5.74) is 0.566. The first kappa shape index (κ1) is 18.1. The van der Waals surface area contributed by atoms with Crippen molar-refractivity contribution in [1.29, 1.82) is 0 Å². The van der Waals surface area contributed by atoms with E-state index in [0.717, 1.165) is 6.42 Å². The molecule has 0 aliphatic carbocycles. The van der Waals surface area contributed by atoms with Gasteiger partial charge < -0.3 is 19.3 Å². The first-order valence-corrected chi connectivity index (χ1v) is 8.28. The van der Waals surface area contributed by atoms with Gasteiger partial charge in [0.2, 0.25) is 5.91 Å². The molecular weight excluding hydrogens is 308 g/mol. The van der Waals surface area contributed by atoms with Gasteiger partial charge in [-0.3, -0.25) is 9.59 Å². The minimum atomic E-state index is -0.0465.